The van der Waals surface area contributed by atoms with E-state index in [2.05, 4.69) is 4.90 Å². The molecule has 0 unspecified atom stereocenters. The van der Waals surface area contributed by atoms with Crippen LogP contribution in [0.15, 0.2) is 63.8 Å². The van der Waals surface area contributed by atoms with E-state index in [0.29, 0.717) is 43.3 Å². The van der Waals surface area contributed by atoms with Crippen molar-refractivity contribution in [1.82, 2.24) is 14.7 Å². The van der Waals surface area contributed by atoms with Crippen LogP contribution in [-0.4, -0.2) is 93.2 Å². The summed E-state index contributed by atoms with van der Waals surface area (Å²) < 4.78 is 27.1. The van der Waals surface area contributed by atoms with E-state index in [1.807, 2.05) is 24.3 Å². The molecule has 1 aliphatic rings. The summed E-state index contributed by atoms with van der Waals surface area (Å²) in [6.07, 6.45) is 4.39. The van der Waals surface area contributed by atoms with E-state index >= 15 is 0 Å². The molecule has 210 valence electrons. The minimum absolute atomic E-state index is 0.0602. The van der Waals surface area contributed by atoms with E-state index in [-0.39, 0.29) is 24.1 Å². The Bertz CT molecular complexity index is 1160. The number of ether oxygens (including phenoxy) is 3. The number of nitrogens with zero attached hydrogens (tertiary/aromatic N) is 3. The molecule has 3 aromatic rings. The Morgan fingerprint density at radius 2 is 1.69 bits per heavy atom. The van der Waals surface area contributed by atoms with Gasteiger partial charge in [-0.3, -0.25) is 14.5 Å². The standard InChI is InChI=1S/C29H37N3O7/c1-35-25-9-8-23(20-27(25)36-2)10-13-31(21-24-6-3-16-38-24)28(33)22-32(29(34)26-7-4-17-39-26)12-5-11-30-14-18-37-19-15-30/h3-4,6-9,16-17,20H,5,10-15,18-19,21-22H2,1-2H3. The second-order valence-electron chi connectivity index (χ2n) is 9.35. The number of benzene rings is 1. The fourth-order valence-corrected chi connectivity index (χ4v) is 4.56. The number of hydrogen-bond acceptors (Lipinski definition) is 8. The first-order valence-electron chi connectivity index (χ1n) is 13.2. The summed E-state index contributed by atoms with van der Waals surface area (Å²) in [6, 6.07) is 12.6. The lowest BCUT2D eigenvalue weighted by Gasteiger charge is -2.29. The van der Waals surface area contributed by atoms with Crippen LogP contribution in [0.1, 0.15) is 28.3 Å². The first-order valence-corrected chi connectivity index (χ1v) is 13.2. The van der Waals surface area contributed by atoms with Gasteiger partial charge in [0.1, 0.15) is 12.3 Å². The maximum absolute atomic E-state index is 13.7. The summed E-state index contributed by atoms with van der Waals surface area (Å²) in [5.41, 5.74) is 0.999. The summed E-state index contributed by atoms with van der Waals surface area (Å²) in [4.78, 5) is 32.5. The second kappa shape index (κ2) is 14.4. The summed E-state index contributed by atoms with van der Waals surface area (Å²) in [6.45, 7) is 5.12. The van der Waals surface area contributed by atoms with Crippen LogP contribution < -0.4 is 9.47 Å². The van der Waals surface area contributed by atoms with Crippen molar-refractivity contribution in [3.05, 3.63) is 72.1 Å². The number of methoxy groups -OCH3 is 2. The average molecular weight is 540 g/mol. The average Bonchev–Trinajstić information content (AvgIpc) is 3.69. The Balaban J connectivity index is 1.44. The molecule has 3 heterocycles. The molecular weight excluding hydrogens is 502 g/mol. The fraction of sp³-hybridized carbons (Fsp3) is 0.448. The van der Waals surface area contributed by atoms with E-state index in [9.17, 15) is 9.59 Å². The molecule has 0 atom stereocenters. The van der Waals surface area contributed by atoms with Crippen molar-refractivity contribution >= 4 is 11.8 Å². The molecule has 4 rings (SSSR count). The molecule has 0 saturated carbocycles. The highest BCUT2D eigenvalue weighted by atomic mass is 16.5. The Kier molecular flexibility index (Phi) is 10.4. The molecule has 1 fully saturated rings. The number of hydrogen-bond donors (Lipinski definition) is 0. The van der Waals surface area contributed by atoms with Crippen LogP contribution in [0, 0.1) is 0 Å². The SMILES string of the molecule is COc1ccc(CCN(Cc2ccco2)C(=O)CN(CCCN2CCOCC2)C(=O)c2ccco2)cc1OC. The van der Waals surface area contributed by atoms with Gasteiger partial charge in [0.25, 0.3) is 5.91 Å². The molecule has 10 heteroatoms. The zero-order valence-electron chi connectivity index (χ0n) is 22.7. The van der Waals surface area contributed by atoms with E-state index in [1.54, 1.807) is 48.5 Å². The maximum atomic E-state index is 13.7. The molecule has 1 aromatic carbocycles. The van der Waals surface area contributed by atoms with Gasteiger partial charge in [-0.15, -0.1) is 0 Å². The third-order valence-corrected chi connectivity index (χ3v) is 6.75. The normalized spacial score (nSPS) is 13.7. The van der Waals surface area contributed by atoms with E-state index in [1.165, 1.54) is 6.26 Å². The smallest absolute Gasteiger partial charge is 0.290 e. The first kappa shape index (κ1) is 28.3. The molecule has 10 nitrogen and oxygen atoms in total. The van der Waals surface area contributed by atoms with Gasteiger partial charge in [-0.25, -0.2) is 0 Å². The predicted octanol–water partition coefficient (Wildman–Crippen LogP) is 3.33. The summed E-state index contributed by atoms with van der Waals surface area (Å²) in [5, 5.41) is 0. The number of carbonyl (C=O) groups is 2. The van der Waals surface area contributed by atoms with Crippen molar-refractivity contribution < 1.29 is 32.6 Å². The largest absolute Gasteiger partial charge is 0.493 e. The molecular formula is C29H37N3O7. The van der Waals surface area contributed by atoms with Crippen molar-refractivity contribution in [2.24, 2.45) is 0 Å². The highest BCUT2D eigenvalue weighted by molar-refractivity contribution is 5.94. The van der Waals surface area contributed by atoms with Crippen LogP contribution >= 0.6 is 0 Å². The van der Waals surface area contributed by atoms with E-state index in [4.69, 9.17) is 23.0 Å². The third-order valence-electron chi connectivity index (χ3n) is 6.75. The van der Waals surface area contributed by atoms with Crippen LogP contribution in [0.3, 0.4) is 0 Å². The van der Waals surface area contributed by atoms with Crippen molar-refractivity contribution in [3.63, 3.8) is 0 Å². The lowest BCUT2D eigenvalue weighted by molar-refractivity contribution is -0.132. The molecule has 0 spiro atoms. The van der Waals surface area contributed by atoms with Gasteiger partial charge in [0, 0.05) is 32.7 Å². The van der Waals surface area contributed by atoms with E-state index in [0.717, 1.165) is 44.8 Å². The van der Waals surface area contributed by atoms with Gasteiger partial charge in [0.05, 0.1) is 46.5 Å². The lowest BCUT2D eigenvalue weighted by Crippen LogP contribution is -2.44. The van der Waals surface area contributed by atoms with Gasteiger partial charge in [-0.1, -0.05) is 6.07 Å². The maximum Gasteiger partial charge on any atom is 0.290 e. The molecule has 0 bridgehead atoms. The number of carbonyl (C=O) groups excluding carboxylic acids is 2. The molecule has 0 radical (unpaired) electrons. The molecule has 1 saturated heterocycles. The second-order valence-corrected chi connectivity index (χ2v) is 9.35. The Hall–Kier alpha value is -3.76. The monoisotopic (exact) mass is 539 g/mol. The minimum atomic E-state index is -0.298. The van der Waals surface area contributed by atoms with E-state index < -0.39 is 0 Å². The van der Waals surface area contributed by atoms with Crippen molar-refractivity contribution in [2.75, 3.05) is 66.7 Å². The molecule has 2 aromatic heterocycles. The van der Waals surface area contributed by atoms with Gasteiger partial charge >= 0.3 is 0 Å². The van der Waals surface area contributed by atoms with Gasteiger partial charge in [0.15, 0.2) is 17.3 Å². The number of amides is 2. The Morgan fingerprint density at radius 3 is 2.38 bits per heavy atom. The Morgan fingerprint density at radius 1 is 0.923 bits per heavy atom. The fourth-order valence-electron chi connectivity index (χ4n) is 4.56. The summed E-state index contributed by atoms with van der Waals surface area (Å²) >= 11 is 0. The van der Waals surface area contributed by atoms with Crippen molar-refractivity contribution in [1.29, 1.82) is 0 Å². The summed E-state index contributed by atoms with van der Waals surface area (Å²) in [7, 11) is 3.19. The quantitative estimate of drug-likeness (QED) is 0.308. The van der Waals surface area contributed by atoms with Crippen molar-refractivity contribution in [3.8, 4) is 11.5 Å². The van der Waals surface area contributed by atoms with Gasteiger partial charge in [0.2, 0.25) is 5.91 Å². The molecule has 0 aliphatic carbocycles. The van der Waals surface area contributed by atoms with Crippen LogP contribution in [-0.2, 0) is 22.5 Å². The molecule has 1 aliphatic heterocycles. The van der Waals surface area contributed by atoms with Crippen LogP contribution in [0.5, 0.6) is 11.5 Å². The number of furan rings is 2. The summed E-state index contributed by atoms with van der Waals surface area (Å²) in [5.74, 6) is 1.71. The zero-order valence-corrected chi connectivity index (χ0v) is 22.7. The van der Waals surface area contributed by atoms with Crippen molar-refractivity contribution in [2.45, 2.75) is 19.4 Å². The topological polar surface area (TPSA) is 97.8 Å². The highest BCUT2D eigenvalue weighted by Crippen LogP contribution is 2.27. The Labute approximate surface area is 229 Å². The molecule has 2 amide bonds. The lowest BCUT2D eigenvalue weighted by atomic mass is 10.1. The van der Waals surface area contributed by atoms with Gasteiger partial charge < -0.3 is 32.8 Å². The molecule has 39 heavy (non-hydrogen) atoms. The molecule has 0 N–H and O–H groups in total. The zero-order chi connectivity index (χ0) is 27.5. The van der Waals surface area contributed by atoms with Crippen LogP contribution in [0.2, 0.25) is 0 Å². The first-order chi connectivity index (χ1) is 19.1. The minimum Gasteiger partial charge on any atom is -0.493 e. The third kappa shape index (κ3) is 8.11. The van der Waals surface area contributed by atoms with Gasteiger partial charge in [-0.2, -0.15) is 0 Å². The number of rotatable bonds is 14. The number of morpholine rings is 1. The predicted molar refractivity (Wildman–Crippen MR) is 144 cm³/mol. The van der Waals surface area contributed by atoms with Gasteiger partial charge in [-0.05, 0) is 54.8 Å². The van der Waals surface area contributed by atoms with Crippen LogP contribution in [0.25, 0.3) is 0 Å². The van der Waals surface area contributed by atoms with Crippen LogP contribution in [0.4, 0.5) is 0 Å². The highest BCUT2D eigenvalue weighted by Gasteiger charge is 2.25.